The number of esters is 1. The van der Waals surface area contributed by atoms with Crippen molar-refractivity contribution in [1.29, 1.82) is 0 Å². The quantitative estimate of drug-likeness (QED) is 0.223. The molecule has 3 unspecified atom stereocenters. The van der Waals surface area contributed by atoms with Gasteiger partial charge in [-0.2, -0.15) is 0 Å². The molecule has 11 heteroatoms. The lowest BCUT2D eigenvalue weighted by Crippen LogP contribution is -2.57. The second-order valence-corrected chi connectivity index (χ2v) is 11.5. The molecule has 1 aromatic heterocycles. The number of ether oxygens (including phenoxy) is 2. The van der Waals surface area contributed by atoms with Crippen molar-refractivity contribution in [2.75, 3.05) is 26.3 Å². The third-order valence-corrected chi connectivity index (χ3v) is 9.08. The number of hydrogen-bond acceptors (Lipinski definition) is 8. The first-order valence-electron chi connectivity index (χ1n) is 14.3. The summed E-state index contributed by atoms with van der Waals surface area (Å²) in [5.74, 6) is -3.06. The average Bonchev–Trinajstić information content (AvgIpc) is 3.62. The molecule has 3 fully saturated rings. The second kappa shape index (κ2) is 11.4. The molecule has 2 amide bonds. The van der Waals surface area contributed by atoms with Gasteiger partial charge < -0.3 is 24.4 Å². The van der Waals surface area contributed by atoms with Gasteiger partial charge in [-0.1, -0.05) is 36.4 Å². The number of β-amino-alcohol motifs (C(OH)–C–C–N with tert-alkyl or cyclic N) is 1. The van der Waals surface area contributed by atoms with E-state index in [2.05, 4.69) is 23.5 Å². The van der Waals surface area contributed by atoms with Crippen molar-refractivity contribution in [1.82, 2.24) is 24.8 Å². The van der Waals surface area contributed by atoms with E-state index in [-0.39, 0.29) is 50.7 Å². The highest BCUT2D eigenvalue weighted by molar-refractivity contribution is 5.98. The van der Waals surface area contributed by atoms with Crippen molar-refractivity contribution in [2.45, 2.75) is 63.4 Å². The summed E-state index contributed by atoms with van der Waals surface area (Å²) >= 11 is 0. The van der Waals surface area contributed by atoms with Crippen LogP contribution in [0.3, 0.4) is 0 Å². The van der Waals surface area contributed by atoms with Crippen LogP contribution >= 0.6 is 0 Å². The number of benzene rings is 1. The maximum Gasteiger partial charge on any atom is 0.312 e. The Morgan fingerprint density at radius 1 is 1.27 bits per heavy atom. The van der Waals surface area contributed by atoms with Crippen LogP contribution in [-0.4, -0.2) is 91.2 Å². The number of hydrogen-bond donors (Lipinski definition) is 1. The molecule has 3 aliphatic heterocycles. The highest BCUT2D eigenvalue weighted by atomic mass is 16.6. The molecule has 2 aromatic rings. The Bertz CT molecular complexity index is 1340. The number of rotatable bonds is 13. The van der Waals surface area contributed by atoms with E-state index in [1.165, 1.54) is 4.90 Å². The van der Waals surface area contributed by atoms with Crippen LogP contribution in [0.2, 0.25) is 0 Å². The molecule has 2 bridgehead atoms. The zero-order valence-electron chi connectivity index (χ0n) is 23.8. The minimum atomic E-state index is -1.23. The predicted octanol–water partition coefficient (Wildman–Crippen LogP) is 2.31. The molecule has 5 rings (SSSR count). The van der Waals surface area contributed by atoms with E-state index in [9.17, 15) is 19.5 Å². The van der Waals surface area contributed by atoms with Gasteiger partial charge in [0.05, 0.1) is 30.2 Å². The van der Waals surface area contributed by atoms with E-state index in [0.717, 1.165) is 18.4 Å². The van der Waals surface area contributed by atoms with Crippen LogP contribution in [0.5, 0.6) is 0 Å². The van der Waals surface area contributed by atoms with Crippen molar-refractivity contribution in [3.8, 4) is 0 Å². The van der Waals surface area contributed by atoms with Gasteiger partial charge in [0, 0.05) is 13.1 Å². The first kappa shape index (κ1) is 28.9. The fourth-order valence-electron chi connectivity index (χ4n) is 7.11. The Hall–Kier alpha value is -3.57. The number of likely N-dealkylation sites (tertiary alicyclic amines) is 1. The van der Waals surface area contributed by atoms with E-state index >= 15 is 0 Å². The number of aliphatic hydroxyl groups is 1. The van der Waals surface area contributed by atoms with Gasteiger partial charge in [-0.05, 0) is 50.7 Å². The van der Waals surface area contributed by atoms with E-state index < -0.39 is 35.0 Å². The molecule has 3 saturated heterocycles. The lowest BCUT2D eigenvalue weighted by Gasteiger charge is -2.37. The molecular weight excluding hydrogens is 526 g/mol. The molecule has 0 saturated carbocycles. The van der Waals surface area contributed by atoms with E-state index in [4.69, 9.17) is 9.47 Å². The second-order valence-electron chi connectivity index (χ2n) is 11.5. The summed E-state index contributed by atoms with van der Waals surface area (Å²) in [6.45, 7) is 11.5. The number of fused-ring (bicyclic) bond motifs is 2. The maximum absolute atomic E-state index is 14.5. The van der Waals surface area contributed by atoms with Crippen molar-refractivity contribution < 1.29 is 29.0 Å². The van der Waals surface area contributed by atoms with Crippen LogP contribution in [0.4, 0.5) is 0 Å². The van der Waals surface area contributed by atoms with Gasteiger partial charge >= 0.3 is 5.97 Å². The Morgan fingerprint density at radius 3 is 2.78 bits per heavy atom. The molecule has 220 valence electrons. The molecule has 6 atom stereocenters. The summed E-state index contributed by atoms with van der Waals surface area (Å²) < 4.78 is 14.0. The molecule has 1 aromatic carbocycles. The summed E-state index contributed by atoms with van der Waals surface area (Å²) in [7, 11) is 0. The van der Waals surface area contributed by atoms with Crippen molar-refractivity contribution in [3.63, 3.8) is 0 Å². The number of para-hydroxylation sites is 1. The zero-order valence-corrected chi connectivity index (χ0v) is 23.8. The Balaban J connectivity index is 1.47. The number of carbonyl (C=O) groups excluding carboxylic acids is 3. The SMILES string of the molecule is C=CCCCCOC(=O)[C@H]1[C@H]2C(=O)N(CCO)C(C(=O)N(CC=C)Cn3nnc4ccccc43)C23CC(C)[C@]1(C)O3. The van der Waals surface area contributed by atoms with Gasteiger partial charge in [-0.15, -0.1) is 18.3 Å². The molecule has 1 spiro atoms. The van der Waals surface area contributed by atoms with E-state index in [0.29, 0.717) is 18.4 Å². The first-order valence-corrected chi connectivity index (χ1v) is 14.3. The van der Waals surface area contributed by atoms with Gasteiger partial charge in [-0.25, -0.2) is 4.68 Å². The third kappa shape index (κ3) is 4.64. The fraction of sp³-hybridized carbons (Fsp3) is 0.567. The first-order chi connectivity index (χ1) is 19.7. The molecule has 11 nitrogen and oxygen atoms in total. The number of aliphatic hydroxyl groups excluding tert-OH is 1. The van der Waals surface area contributed by atoms with Gasteiger partial charge in [0.2, 0.25) is 11.8 Å². The summed E-state index contributed by atoms with van der Waals surface area (Å²) in [6, 6.07) is 6.41. The highest BCUT2D eigenvalue weighted by Gasteiger charge is 2.80. The van der Waals surface area contributed by atoms with Gasteiger partial charge in [-0.3, -0.25) is 14.4 Å². The number of amides is 2. The number of allylic oxidation sites excluding steroid dienone is 1. The number of aromatic nitrogens is 3. The fourth-order valence-corrected chi connectivity index (χ4v) is 7.11. The maximum atomic E-state index is 14.5. The summed E-state index contributed by atoms with van der Waals surface area (Å²) in [5.41, 5.74) is -0.739. The highest BCUT2D eigenvalue weighted by Crippen LogP contribution is 2.65. The van der Waals surface area contributed by atoms with Crippen molar-refractivity contribution in [3.05, 3.63) is 49.6 Å². The molecule has 3 aliphatic rings. The van der Waals surface area contributed by atoms with Crippen LogP contribution in [-0.2, 0) is 30.5 Å². The zero-order chi connectivity index (χ0) is 29.4. The van der Waals surface area contributed by atoms with Crippen LogP contribution < -0.4 is 0 Å². The summed E-state index contributed by atoms with van der Waals surface area (Å²) in [6.07, 6.45) is 6.22. The van der Waals surface area contributed by atoms with Crippen LogP contribution in [0.15, 0.2) is 49.6 Å². The molecule has 41 heavy (non-hydrogen) atoms. The van der Waals surface area contributed by atoms with Gasteiger partial charge in [0.15, 0.2) is 0 Å². The van der Waals surface area contributed by atoms with E-state index in [1.807, 2.05) is 44.2 Å². The minimum absolute atomic E-state index is 0.0561. The third-order valence-electron chi connectivity index (χ3n) is 9.08. The van der Waals surface area contributed by atoms with E-state index in [1.54, 1.807) is 15.7 Å². The minimum Gasteiger partial charge on any atom is -0.465 e. The lowest BCUT2D eigenvalue weighted by atomic mass is 9.62. The number of unbranched alkanes of at least 4 members (excludes halogenated alkanes) is 2. The van der Waals surface area contributed by atoms with Crippen molar-refractivity contribution in [2.24, 2.45) is 17.8 Å². The number of nitrogens with zero attached hydrogens (tertiary/aromatic N) is 5. The average molecular weight is 566 g/mol. The molecular formula is C30H39N5O6. The van der Waals surface area contributed by atoms with Gasteiger partial charge in [0.25, 0.3) is 0 Å². The topological polar surface area (TPSA) is 127 Å². The summed E-state index contributed by atoms with van der Waals surface area (Å²) in [5, 5.41) is 18.3. The smallest absolute Gasteiger partial charge is 0.312 e. The van der Waals surface area contributed by atoms with Crippen LogP contribution in [0, 0.1) is 17.8 Å². The molecule has 4 heterocycles. The standard InChI is InChI=1S/C30H39N5O6/c1-5-7-8-11-17-40-28(39)24-23-26(37)34(15-16-36)25(30(23)18-20(3)29(24,4)41-30)27(38)33(14-6-2)19-35-22-13-10-9-12-21(22)31-32-35/h5-6,9-10,12-13,20,23-25,36H,1-2,7-8,11,14-19H2,3-4H3/t20?,23-,24+,25?,29-,30?/m0/s1. The molecule has 0 aliphatic carbocycles. The van der Waals surface area contributed by atoms with Crippen LogP contribution in [0.1, 0.15) is 39.5 Å². The number of carbonyl (C=O) groups is 3. The van der Waals surface area contributed by atoms with Crippen molar-refractivity contribution >= 4 is 28.8 Å². The molecule has 0 radical (unpaired) electrons. The molecule has 1 N–H and O–H groups in total. The largest absolute Gasteiger partial charge is 0.465 e. The lowest BCUT2D eigenvalue weighted by molar-refractivity contribution is -0.162. The summed E-state index contributed by atoms with van der Waals surface area (Å²) in [4.78, 5) is 45.0. The Labute approximate surface area is 239 Å². The van der Waals surface area contributed by atoms with Crippen LogP contribution in [0.25, 0.3) is 11.0 Å². The van der Waals surface area contributed by atoms with Gasteiger partial charge in [0.1, 0.15) is 29.7 Å². The predicted molar refractivity (Wildman–Crippen MR) is 150 cm³/mol. The Kier molecular flexibility index (Phi) is 8.02. The Morgan fingerprint density at radius 2 is 2.05 bits per heavy atom. The monoisotopic (exact) mass is 565 g/mol. The normalized spacial score (nSPS) is 30.0.